The van der Waals surface area contributed by atoms with Gasteiger partial charge in [-0.05, 0) is 41.0 Å². The number of hydrogen-bond acceptors (Lipinski definition) is 13. The first-order chi connectivity index (χ1) is 18.6. The van der Waals surface area contributed by atoms with Crippen molar-refractivity contribution in [3.8, 4) is 0 Å². The molecule has 0 fully saturated rings. The van der Waals surface area contributed by atoms with E-state index < -0.39 is 42.8 Å². The number of rotatable bonds is 21. The fourth-order valence-electron chi connectivity index (χ4n) is 2.72. The van der Waals surface area contributed by atoms with Crippen LogP contribution in [0, 0.1) is 5.41 Å². The van der Waals surface area contributed by atoms with Gasteiger partial charge in [0, 0.05) is 45.3 Å². The van der Waals surface area contributed by atoms with Crippen LogP contribution < -0.4 is 16.1 Å². The number of esters is 1. The van der Waals surface area contributed by atoms with Gasteiger partial charge in [-0.25, -0.2) is 9.65 Å². The Hall–Kier alpha value is -1.84. The summed E-state index contributed by atoms with van der Waals surface area (Å²) in [6, 6.07) is -1.06. The van der Waals surface area contributed by atoms with Gasteiger partial charge in [-0.15, -0.1) is 0 Å². The lowest BCUT2D eigenvalue weighted by atomic mass is 9.97. The summed E-state index contributed by atoms with van der Waals surface area (Å²) < 4.78 is 35.7. The molecule has 0 bridgehead atoms. The molecule has 0 aromatic rings. The summed E-state index contributed by atoms with van der Waals surface area (Å²) in [7, 11) is -1.05. The minimum atomic E-state index is -4.16. The first-order valence-electron chi connectivity index (χ1n) is 12.6. The Morgan fingerprint density at radius 2 is 1.85 bits per heavy atom. The largest absolute Gasteiger partial charge is 0.462 e. The van der Waals surface area contributed by atoms with Crippen LogP contribution in [0.25, 0.3) is 0 Å². The Kier molecular flexibility index (Phi) is 17.7. The zero-order valence-corrected chi connectivity index (χ0v) is 26.0. The first-order valence-corrected chi connectivity index (χ1v) is 15.2. The van der Waals surface area contributed by atoms with Crippen molar-refractivity contribution in [1.29, 1.82) is 0 Å². The quantitative estimate of drug-likeness (QED) is 0.0467. The number of aliphatic hydroxyl groups excluding tert-OH is 1. The zero-order chi connectivity index (χ0) is 31.0. The predicted molar refractivity (Wildman–Crippen MR) is 151 cm³/mol. The van der Waals surface area contributed by atoms with Gasteiger partial charge in [0.05, 0.1) is 31.3 Å². The number of nitrogens with two attached hydrogens (primary N) is 1. The van der Waals surface area contributed by atoms with Gasteiger partial charge in [0.2, 0.25) is 6.41 Å². The number of imide groups is 1. The topological polar surface area (TPSA) is 196 Å². The molecule has 0 spiro atoms. The van der Waals surface area contributed by atoms with E-state index in [0.717, 1.165) is 11.8 Å². The summed E-state index contributed by atoms with van der Waals surface area (Å²) in [4.78, 5) is 48.1. The van der Waals surface area contributed by atoms with Crippen LogP contribution in [-0.4, -0.2) is 104 Å². The van der Waals surface area contributed by atoms with E-state index in [9.17, 15) is 28.8 Å². The molecule has 40 heavy (non-hydrogen) atoms. The Morgan fingerprint density at radius 1 is 1.20 bits per heavy atom. The number of amides is 2. The fourth-order valence-corrected chi connectivity index (χ4v) is 5.19. The van der Waals surface area contributed by atoms with Gasteiger partial charge in [0.15, 0.2) is 5.12 Å². The molecule has 0 saturated heterocycles. The molecule has 3 atom stereocenters. The van der Waals surface area contributed by atoms with Crippen LogP contribution in [-0.2, 0) is 42.3 Å². The first kappa shape index (κ1) is 38.2. The maximum Gasteiger partial charge on any atom is 0.406 e. The molecule has 0 aliphatic rings. The van der Waals surface area contributed by atoms with Crippen molar-refractivity contribution in [1.82, 2.24) is 15.3 Å². The summed E-state index contributed by atoms with van der Waals surface area (Å²) in [6.45, 7) is 7.52. The van der Waals surface area contributed by atoms with Crippen molar-refractivity contribution in [2.24, 2.45) is 11.1 Å². The van der Waals surface area contributed by atoms with Crippen LogP contribution in [0.4, 0.5) is 0 Å². The van der Waals surface area contributed by atoms with Gasteiger partial charge in [-0.1, -0.05) is 11.8 Å². The molecule has 0 heterocycles. The second-order valence-electron chi connectivity index (χ2n) is 9.88. The second-order valence-corrected chi connectivity index (χ2v) is 12.7. The average Bonchev–Trinajstić information content (AvgIpc) is 2.90. The average molecular weight is 613 g/mol. The molecular formula is C24H45N4O10PS. The molecule has 232 valence electrons. The molecule has 0 aromatic heterocycles. The number of hydrogen-bond donors (Lipinski definition) is 4. The lowest BCUT2D eigenvalue weighted by Crippen LogP contribution is -2.46. The SMILES string of the molecule is CO[C@@](CN)(CCN(C)/C=C\C(=O)NC=O)COP(=O)(NC(C)C(=O)OC(C)C)OCCSC(=O)C(C)(C)CO. The number of carbonyl (C=O) groups excluding carboxylic acids is 4. The molecule has 0 aliphatic carbocycles. The Bertz CT molecular complexity index is 899. The minimum absolute atomic E-state index is 0.0295. The third-order valence-electron chi connectivity index (χ3n) is 5.49. The lowest BCUT2D eigenvalue weighted by molar-refractivity contribution is -0.149. The minimum Gasteiger partial charge on any atom is -0.462 e. The van der Waals surface area contributed by atoms with Crippen molar-refractivity contribution >= 4 is 42.9 Å². The lowest BCUT2D eigenvalue weighted by Gasteiger charge is -2.34. The molecule has 2 amide bonds. The molecular weight excluding hydrogens is 567 g/mol. The number of methoxy groups -OCH3 is 1. The van der Waals surface area contributed by atoms with Crippen molar-refractivity contribution in [3.05, 3.63) is 12.3 Å². The number of nitrogens with one attached hydrogen (secondary N) is 2. The predicted octanol–water partition coefficient (Wildman–Crippen LogP) is 0.788. The van der Waals surface area contributed by atoms with Crippen LogP contribution in [0.15, 0.2) is 12.3 Å². The normalized spacial score (nSPS) is 15.8. The molecule has 14 nitrogen and oxygen atoms in total. The van der Waals surface area contributed by atoms with E-state index in [1.165, 1.54) is 26.3 Å². The van der Waals surface area contributed by atoms with Crippen LogP contribution in [0.3, 0.4) is 0 Å². The summed E-state index contributed by atoms with van der Waals surface area (Å²) in [6.07, 6.45) is 2.80. The van der Waals surface area contributed by atoms with Gasteiger partial charge in [0.25, 0.3) is 5.91 Å². The van der Waals surface area contributed by atoms with Gasteiger partial charge >= 0.3 is 13.7 Å². The number of aliphatic hydroxyl groups is 1. The van der Waals surface area contributed by atoms with Crippen molar-refractivity contribution in [2.75, 3.05) is 52.8 Å². The Morgan fingerprint density at radius 3 is 2.38 bits per heavy atom. The van der Waals surface area contributed by atoms with E-state index in [2.05, 4.69) is 5.09 Å². The van der Waals surface area contributed by atoms with E-state index >= 15 is 0 Å². The summed E-state index contributed by atoms with van der Waals surface area (Å²) in [5.41, 5.74) is 3.91. The number of nitrogens with zero attached hydrogens (tertiary/aromatic N) is 1. The van der Waals surface area contributed by atoms with Gasteiger partial charge in [-0.2, -0.15) is 0 Å². The van der Waals surface area contributed by atoms with E-state index in [-0.39, 0.29) is 50.1 Å². The van der Waals surface area contributed by atoms with E-state index in [0.29, 0.717) is 6.54 Å². The van der Waals surface area contributed by atoms with E-state index in [1.807, 2.05) is 5.32 Å². The molecule has 0 aliphatic heterocycles. The van der Waals surface area contributed by atoms with E-state index in [4.69, 9.17) is 24.3 Å². The Labute approximate surface area is 240 Å². The highest BCUT2D eigenvalue weighted by Gasteiger charge is 2.37. The molecule has 2 unspecified atom stereocenters. The standard InChI is InChI=1S/C24H45N4O10PS/c1-18(2)38-21(32)19(3)27-39(34,36-12-13-40-22(33)23(4,5)15-29)37-16-24(14-25,35-7)9-11-28(6)10-8-20(31)26-17-30/h8,10,17-19,29H,9,11-16,25H2,1-7H3,(H,27,34)(H,26,30,31)/b10-8-/t19?,24-,39?/m1/s1. The number of ether oxygens (including phenoxy) is 2. The van der Waals surface area contributed by atoms with Crippen LogP contribution in [0.2, 0.25) is 0 Å². The second kappa shape index (κ2) is 18.6. The highest BCUT2D eigenvalue weighted by atomic mass is 32.2. The molecule has 16 heteroatoms. The number of thioether (sulfide) groups is 1. The number of carbonyl (C=O) groups is 4. The van der Waals surface area contributed by atoms with E-state index in [1.54, 1.807) is 39.6 Å². The maximum absolute atomic E-state index is 13.7. The molecule has 0 aromatic carbocycles. The highest BCUT2D eigenvalue weighted by Crippen LogP contribution is 2.45. The third kappa shape index (κ3) is 14.7. The molecule has 0 saturated carbocycles. The fraction of sp³-hybridized carbons (Fsp3) is 0.750. The molecule has 5 N–H and O–H groups in total. The van der Waals surface area contributed by atoms with Crippen molar-refractivity contribution < 1.29 is 47.4 Å². The summed E-state index contributed by atoms with van der Waals surface area (Å²) in [5, 5.41) is 13.7. The molecule has 0 rings (SSSR count). The van der Waals surface area contributed by atoms with Crippen LogP contribution in [0.5, 0.6) is 0 Å². The van der Waals surface area contributed by atoms with Crippen LogP contribution in [0.1, 0.15) is 41.0 Å². The van der Waals surface area contributed by atoms with Gasteiger partial charge < -0.3 is 25.2 Å². The highest BCUT2D eigenvalue weighted by molar-refractivity contribution is 8.13. The van der Waals surface area contributed by atoms with Crippen molar-refractivity contribution in [2.45, 2.75) is 58.8 Å². The molecule has 0 radical (unpaired) electrons. The maximum atomic E-state index is 13.7. The summed E-state index contributed by atoms with van der Waals surface area (Å²) in [5.74, 6) is -1.14. The van der Waals surface area contributed by atoms with Gasteiger partial charge in [0.1, 0.15) is 11.6 Å². The van der Waals surface area contributed by atoms with Gasteiger partial charge in [-0.3, -0.25) is 33.5 Å². The third-order valence-corrected chi connectivity index (χ3v) is 8.37. The smallest absolute Gasteiger partial charge is 0.406 e. The zero-order valence-electron chi connectivity index (χ0n) is 24.3. The van der Waals surface area contributed by atoms with Crippen molar-refractivity contribution in [3.63, 3.8) is 0 Å². The van der Waals surface area contributed by atoms with Crippen LogP contribution >= 0.6 is 19.5 Å². The monoisotopic (exact) mass is 612 g/mol. The summed E-state index contributed by atoms with van der Waals surface area (Å²) >= 11 is 0.911. The Balaban J connectivity index is 5.51.